The van der Waals surface area contributed by atoms with Crippen LogP contribution in [0.3, 0.4) is 0 Å². The molecule has 2 heterocycles. The first-order chi connectivity index (χ1) is 12.7. The molecule has 0 atom stereocenters. The van der Waals surface area contributed by atoms with E-state index in [-0.39, 0.29) is 5.91 Å². The van der Waals surface area contributed by atoms with E-state index in [1.165, 1.54) is 29.7 Å². The van der Waals surface area contributed by atoms with Crippen LogP contribution in [-0.2, 0) is 22.4 Å². The number of rotatable bonds is 4. The number of fused-ring (bicyclic) bond motifs is 1. The summed E-state index contributed by atoms with van der Waals surface area (Å²) in [5.74, 6) is -0.115. The van der Waals surface area contributed by atoms with Gasteiger partial charge in [0, 0.05) is 32.7 Å². The fourth-order valence-electron chi connectivity index (χ4n) is 3.86. The Hall–Kier alpha value is -1.79. The highest BCUT2D eigenvalue weighted by atomic mass is 32.1. The van der Waals surface area contributed by atoms with Gasteiger partial charge < -0.3 is 5.32 Å². The first-order valence-electron chi connectivity index (χ1n) is 9.23. The van der Waals surface area contributed by atoms with Gasteiger partial charge in [0.05, 0.1) is 0 Å². The molecule has 0 spiro atoms. The molecule has 0 aliphatic heterocycles. The molecule has 4 rings (SSSR count). The molecule has 0 saturated carbocycles. The Labute approximate surface area is 161 Å². The number of amides is 1. The monoisotopic (exact) mass is 386 g/mol. The molecule has 2 aliphatic carbocycles. The molecule has 0 aromatic carbocycles. The van der Waals surface area contributed by atoms with Crippen molar-refractivity contribution in [3.8, 4) is 10.6 Å². The zero-order valence-electron chi connectivity index (χ0n) is 14.9. The number of nitrogens with one attached hydrogen (secondary N) is 1. The minimum absolute atomic E-state index is 0.115. The highest BCUT2D eigenvalue weighted by Gasteiger charge is 2.26. The number of aryl methyl sites for hydroxylation is 2. The number of allylic oxidation sites excluding steroid dienone is 1. The number of hydrogen-bond acceptors (Lipinski definition) is 5. The third-order valence-electron chi connectivity index (χ3n) is 5.16. The van der Waals surface area contributed by atoms with Crippen molar-refractivity contribution < 1.29 is 9.59 Å². The summed E-state index contributed by atoms with van der Waals surface area (Å²) in [7, 11) is 0. The van der Waals surface area contributed by atoms with E-state index in [2.05, 4.69) is 10.7 Å². The molecule has 0 bridgehead atoms. The van der Waals surface area contributed by atoms with Crippen molar-refractivity contribution in [3.05, 3.63) is 32.7 Å². The van der Waals surface area contributed by atoms with Crippen LogP contribution in [0.1, 0.15) is 54.7 Å². The standard InChI is InChI=1S/C20H22N2O2S2/c1-12-11-25-19(21-12)17-15-7-3-2-4-9-16(15)26-20(17)22-18(24)14-8-5-6-13(14)10-23/h10-11H,2-9H2,1H3,(H,22,24). The lowest BCUT2D eigenvalue weighted by atomic mass is 10.1. The highest BCUT2D eigenvalue weighted by molar-refractivity contribution is 7.18. The predicted octanol–water partition coefficient (Wildman–Crippen LogP) is 5.07. The largest absolute Gasteiger partial charge is 0.313 e. The topological polar surface area (TPSA) is 59.1 Å². The van der Waals surface area contributed by atoms with Gasteiger partial charge >= 0.3 is 0 Å². The van der Waals surface area contributed by atoms with Crippen LogP contribution in [0.2, 0.25) is 0 Å². The van der Waals surface area contributed by atoms with Gasteiger partial charge in [0.1, 0.15) is 16.3 Å². The van der Waals surface area contributed by atoms with Gasteiger partial charge in [-0.15, -0.1) is 22.7 Å². The van der Waals surface area contributed by atoms with Crippen LogP contribution in [0.4, 0.5) is 5.00 Å². The highest BCUT2D eigenvalue weighted by Crippen LogP contribution is 2.45. The van der Waals surface area contributed by atoms with Gasteiger partial charge in [-0.25, -0.2) is 4.98 Å². The third kappa shape index (κ3) is 3.28. The van der Waals surface area contributed by atoms with Gasteiger partial charge in [0.2, 0.25) is 0 Å². The van der Waals surface area contributed by atoms with Gasteiger partial charge in [0.25, 0.3) is 5.91 Å². The SMILES string of the molecule is Cc1csc(-c2c(NC(=O)C3=C(C=O)CCC3)sc3c2CCCCC3)n1. The van der Waals surface area contributed by atoms with Crippen molar-refractivity contribution in [1.29, 1.82) is 0 Å². The maximum absolute atomic E-state index is 12.8. The molecule has 26 heavy (non-hydrogen) atoms. The molecule has 0 unspecified atom stereocenters. The summed E-state index contributed by atoms with van der Waals surface area (Å²) in [5, 5.41) is 7.09. The van der Waals surface area contributed by atoms with E-state index in [1.807, 2.05) is 6.92 Å². The average Bonchev–Trinajstić information content (AvgIpc) is 3.30. The van der Waals surface area contributed by atoms with Gasteiger partial charge in [-0.05, 0) is 57.4 Å². The van der Waals surface area contributed by atoms with Crippen molar-refractivity contribution in [2.24, 2.45) is 0 Å². The van der Waals surface area contributed by atoms with E-state index in [1.54, 1.807) is 22.7 Å². The lowest BCUT2D eigenvalue weighted by Crippen LogP contribution is -2.14. The van der Waals surface area contributed by atoms with Crippen molar-refractivity contribution >= 4 is 39.9 Å². The summed E-state index contributed by atoms with van der Waals surface area (Å²) in [5.41, 5.74) is 4.81. The Morgan fingerprint density at radius 3 is 2.77 bits per heavy atom. The van der Waals surface area contributed by atoms with E-state index in [0.717, 1.165) is 46.8 Å². The summed E-state index contributed by atoms with van der Waals surface area (Å²) in [6.07, 6.45) is 8.92. The lowest BCUT2D eigenvalue weighted by molar-refractivity contribution is -0.113. The van der Waals surface area contributed by atoms with Crippen LogP contribution in [0.15, 0.2) is 16.5 Å². The molecule has 136 valence electrons. The summed E-state index contributed by atoms with van der Waals surface area (Å²) >= 11 is 3.34. The van der Waals surface area contributed by atoms with Gasteiger partial charge in [0.15, 0.2) is 0 Å². The van der Waals surface area contributed by atoms with Crippen LogP contribution in [0.25, 0.3) is 10.6 Å². The molecule has 6 heteroatoms. The quantitative estimate of drug-likeness (QED) is 0.590. The second-order valence-electron chi connectivity index (χ2n) is 6.99. The fourth-order valence-corrected chi connectivity index (χ4v) is 6.09. The number of carbonyl (C=O) groups is 2. The molecule has 4 nitrogen and oxygen atoms in total. The predicted molar refractivity (Wildman–Crippen MR) is 107 cm³/mol. The summed E-state index contributed by atoms with van der Waals surface area (Å²) in [6, 6.07) is 0. The zero-order valence-corrected chi connectivity index (χ0v) is 16.5. The molecule has 2 aromatic heterocycles. The number of aldehydes is 1. The van der Waals surface area contributed by atoms with Crippen LogP contribution >= 0.6 is 22.7 Å². The maximum Gasteiger partial charge on any atom is 0.252 e. The van der Waals surface area contributed by atoms with E-state index in [9.17, 15) is 9.59 Å². The Balaban J connectivity index is 1.74. The van der Waals surface area contributed by atoms with E-state index in [0.29, 0.717) is 24.0 Å². The van der Waals surface area contributed by atoms with Crippen molar-refractivity contribution in [1.82, 2.24) is 4.98 Å². The van der Waals surface area contributed by atoms with Crippen LogP contribution in [0.5, 0.6) is 0 Å². The third-order valence-corrected chi connectivity index (χ3v) is 7.34. The van der Waals surface area contributed by atoms with Gasteiger partial charge in [-0.2, -0.15) is 0 Å². The number of aromatic nitrogens is 1. The van der Waals surface area contributed by atoms with Gasteiger partial charge in [-0.1, -0.05) is 6.42 Å². The molecular formula is C20H22N2O2S2. The van der Waals surface area contributed by atoms with Crippen LogP contribution in [-0.4, -0.2) is 17.2 Å². The number of thiazole rings is 1. The Kier molecular flexibility index (Phi) is 5.05. The molecule has 1 N–H and O–H groups in total. The van der Waals surface area contributed by atoms with Crippen molar-refractivity contribution in [2.45, 2.75) is 58.3 Å². The first-order valence-corrected chi connectivity index (χ1v) is 10.9. The van der Waals surface area contributed by atoms with Crippen LogP contribution < -0.4 is 5.32 Å². The fraction of sp³-hybridized carbons (Fsp3) is 0.450. The summed E-state index contributed by atoms with van der Waals surface area (Å²) < 4.78 is 0. The second-order valence-corrected chi connectivity index (χ2v) is 8.96. The van der Waals surface area contributed by atoms with E-state index >= 15 is 0 Å². The molecule has 1 amide bonds. The average molecular weight is 387 g/mol. The van der Waals surface area contributed by atoms with Gasteiger partial charge in [-0.3, -0.25) is 9.59 Å². The van der Waals surface area contributed by atoms with Crippen molar-refractivity contribution in [2.75, 3.05) is 5.32 Å². The molecule has 2 aromatic rings. The Bertz CT molecular complexity index is 892. The smallest absolute Gasteiger partial charge is 0.252 e. The van der Waals surface area contributed by atoms with Crippen LogP contribution in [0, 0.1) is 6.92 Å². The van der Waals surface area contributed by atoms with Crippen molar-refractivity contribution in [3.63, 3.8) is 0 Å². The molecule has 0 saturated heterocycles. The molecule has 0 fully saturated rings. The second kappa shape index (κ2) is 7.45. The number of hydrogen-bond donors (Lipinski definition) is 1. The number of thiophene rings is 1. The van der Waals surface area contributed by atoms with E-state index < -0.39 is 0 Å². The minimum atomic E-state index is -0.115. The molecule has 2 aliphatic rings. The number of anilines is 1. The summed E-state index contributed by atoms with van der Waals surface area (Å²) in [4.78, 5) is 30.1. The minimum Gasteiger partial charge on any atom is -0.313 e. The zero-order chi connectivity index (χ0) is 18.1. The number of nitrogens with zero attached hydrogens (tertiary/aromatic N) is 1. The Morgan fingerprint density at radius 2 is 2.00 bits per heavy atom. The van der Waals surface area contributed by atoms with E-state index in [4.69, 9.17) is 4.98 Å². The first kappa shape index (κ1) is 17.6. The lowest BCUT2D eigenvalue weighted by Gasteiger charge is -2.08. The molecule has 0 radical (unpaired) electrons. The molecular weight excluding hydrogens is 364 g/mol. The normalized spacial score (nSPS) is 17.1. The summed E-state index contributed by atoms with van der Waals surface area (Å²) in [6.45, 7) is 2.00. The maximum atomic E-state index is 12.8. The Morgan fingerprint density at radius 1 is 1.15 bits per heavy atom. The number of carbonyl (C=O) groups excluding carboxylic acids is 2.